The van der Waals surface area contributed by atoms with Gasteiger partial charge < -0.3 is 20.8 Å². The third kappa shape index (κ3) is 3.24. The van der Waals surface area contributed by atoms with E-state index in [1.54, 1.807) is 0 Å². The smallest absolute Gasteiger partial charge is 0.152 e. The molecule has 0 radical (unpaired) electrons. The first-order valence-electron chi connectivity index (χ1n) is 7.90. The van der Waals surface area contributed by atoms with Crippen LogP contribution in [-0.4, -0.2) is 26.7 Å². The highest BCUT2D eigenvalue weighted by Gasteiger charge is 2.21. The highest BCUT2D eigenvalue weighted by Crippen LogP contribution is 2.31. The highest BCUT2D eigenvalue weighted by atomic mass is 79.9. The number of nitrogen functional groups attached to an aromatic ring is 1. The Bertz CT molecular complexity index is 897. The highest BCUT2D eigenvalue weighted by molar-refractivity contribution is 9.10. The van der Waals surface area contributed by atoms with E-state index >= 15 is 0 Å². The average Bonchev–Trinajstić information content (AvgIpc) is 2.82. The summed E-state index contributed by atoms with van der Waals surface area (Å²) < 4.78 is 8.65. The van der Waals surface area contributed by atoms with Crippen LogP contribution in [0.3, 0.4) is 0 Å². The van der Waals surface area contributed by atoms with E-state index in [1.807, 2.05) is 39.0 Å². The molecule has 0 fully saturated rings. The summed E-state index contributed by atoms with van der Waals surface area (Å²) in [4.78, 5) is 9.19. The fourth-order valence-corrected chi connectivity index (χ4v) is 3.16. The van der Waals surface area contributed by atoms with E-state index in [2.05, 4.69) is 30.5 Å². The molecule has 0 aliphatic carbocycles. The van der Waals surface area contributed by atoms with Crippen LogP contribution in [0.25, 0.3) is 21.9 Å². The third-order valence-corrected chi connectivity index (χ3v) is 4.24. The van der Waals surface area contributed by atoms with Gasteiger partial charge in [0, 0.05) is 28.5 Å². The summed E-state index contributed by atoms with van der Waals surface area (Å²) in [7, 11) is 0. The summed E-state index contributed by atoms with van der Waals surface area (Å²) in [5.41, 5.74) is 14.5. The number of nitrogens with two attached hydrogens (primary N) is 2. The molecule has 1 aromatic carbocycles. The van der Waals surface area contributed by atoms with Crippen molar-refractivity contribution in [2.45, 2.75) is 39.5 Å². The van der Waals surface area contributed by atoms with Crippen LogP contribution in [0.1, 0.15) is 26.6 Å². The molecule has 3 aromatic rings. The van der Waals surface area contributed by atoms with Gasteiger partial charge in [0.2, 0.25) is 0 Å². The van der Waals surface area contributed by atoms with Crippen molar-refractivity contribution in [3.05, 3.63) is 28.5 Å². The van der Waals surface area contributed by atoms with Gasteiger partial charge in [-0.15, -0.1) is 0 Å². The first-order valence-corrected chi connectivity index (χ1v) is 8.70. The minimum Gasteiger partial charge on any atom is -0.382 e. The summed E-state index contributed by atoms with van der Waals surface area (Å²) in [6.45, 7) is 7.60. The molecule has 7 heteroatoms. The zero-order valence-corrected chi connectivity index (χ0v) is 15.7. The van der Waals surface area contributed by atoms with Gasteiger partial charge in [-0.05, 0) is 39.0 Å². The molecular formula is C17H22BrN5O. The van der Waals surface area contributed by atoms with E-state index in [0.29, 0.717) is 31.1 Å². The SMILES string of the molecule is CCOCc1nc2c(N)nc3cc(Br)ccc3c2n1CC(C)(C)N. The lowest BCUT2D eigenvalue weighted by molar-refractivity contribution is 0.125. The predicted octanol–water partition coefficient (Wildman–Crippen LogP) is 3.20. The number of halogens is 1. The molecule has 0 aliphatic heterocycles. The monoisotopic (exact) mass is 391 g/mol. The van der Waals surface area contributed by atoms with Crippen molar-refractivity contribution in [3.63, 3.8) is 0 Å². The number of pyridine rings is 1. The maximum Gasteiger partial charge on any atom is 0.152 e. The topological polar surface area (TPSA) is 92.0 Å². The second kappa shape index (κ2) is 6.31. The molecule has 0 atom stereocenters. The van der Waals surface area contributed by atoms with Crippen LogP contribution >= 0.6 is 15.9 Å². The molecule has 2 heterocycles. The Morgan fingerprint density at radius 3 is 2.71 bits per heavy atom. The van der Waals surface area contributed by atoms with E-state index < -0.39 is 5.54 Å². The van der Waals surface area contributed by atoms with Crippen LogP contribution in [0.15, 0.2) is 22.7 Å². The lowest BCUT2D eigenvalue weighted by atomic mass is 10.1. The molecule has 4 N–H and O–H groups in total. The molecule has 24 heavy (non-hydrogen) atoms. The predicted molar refractivity (Wildman–Crippen MR) is 101 cm³/mol. The van der Waals surface area contributed by atoms with Crippen LogP contribution in [0.5, 0.6) is 0 Å². The van der Waals surface area contributed by atoms with E-state index in [0.717, 1.165) is 26.7 Å². The molecule has 0 amide bonds. The Morgan fingerprint density at radius 1 is 1.29 bits per heavy atom. The van der Waals surface area contributed by atoms with Gasteiger partial charge in [-0.25, -0.2) is 9.97 Å². The molecule has 2 aromatic heterocycles. The summed E-state index contributed by atoms with van der Waals surface area (Å²) in [6, 6.07) is 5.98. The molecule has 0 saturated carbocycles. The van der Waals surface area contributed by atoms with Crippen LogP contribution in [0, 0.1) is 0 Å². The molecule has 6 nitrogen and oxygen atoms in total. The normalized spacial score (nSPS) is 12.4. The Kier molecular flexibility index (Phi) is 4.50. The largest absolute Gasteiger partial charge is 0.382 e. The van der Waals surface area contributed by atoms with E-state index in [9.17, 15) is 0 Å². The molecule has 0 saturated heterocycles. The second-order valence-electron chi connectivity index (χ2n) is 6.60. The zero-order chi connectivity index (χ0) is 17.5. The fourth-order valence-electron chi connectivity index (χ4n) is 2.81. The number of anilines is 1. The number of rotatable bonds is 5. The second-order valence-corrected chi connectivity index (χ2v) is 7.51. The van der Waals surface area contributed by atoms with Crippen LogP contribution in [0.4, 0.5) is 5.82 Å². The molecule has 3 rings (SSSR count). The van der Waals surface area contributed by atoms with Crippen molar-refractivity contribution >= 4 is 43.7 Å². The summed E-state index contributed by atoms with van der Waals surface area (Å²) in [5.74, 6) is 1.23. The Morgan fingerprint density at radius 2 is 2.04 bits per heavy atom. The lowest BCUT2D eigenvalue weighted by Crippen LogP contribution is -2.37. The lowest BCUT2D eigenvalue weighted by Gasteiger charge is -2.21. The van der Waals surface area contributed by atoms with Crippen molar-refractivity contribution in [1.82, 2.24) is 14.5 Å². The number of nitrogens with zero attached hydrogens (tertiary/aromatic N) is 3. The number of ether oxygens (including phenoxy) is 1. The van der Waals surface area contributed by atoms with Crippen molar-refractivity contribution in [2.24, 2.45) is 5.73 Å². The Hall–Kier alpha value is -1.70. The van der Waals surface area contributed by atoms with Gasteiger partial charge in [0.1, 0.15) is 17.9 Å². The molecule has 0 aliphatic rings. The van der Waals surface area contributed by atoms with Crippen LogP contribution in [0.2, 0.25) is 0 Å². The summed E-state index contributed by atoms with van der Waals surface area (Å²) in [6.07, 6.45) is 0. The number of hydrogen-bond donors (Lipinski definition) is 2. The Labute approximate surface area is 149 Å². The van der Waals surface area contributed by atoms with Crippen molar-refractivity contribution in [2.75, 3.05) is 12.3 Å². The van der Waals surface area contributed by atoms with E-state index in [-0.39, 0.29) is 0 Å². The molecule has 0 spiro atoms. The van der Waals surface area contributed by atoms with Gasteiger partial charge in [0.25, 0.3) is 0 Å². The van der Waals surface area contributed by atoms with Gasteiger partial charge >= 0.3 is 0 Å². The maximum atomic E-state index is 6.28. The third-order valence-electron chi connectivity index (χ3n) is 3.75. The molecule has 0 bridgehead atoms. The van der Waals surface area contributed by atoms with Gasteiger partial charge in [-0.2, -0.15) is 0 Å². The minimum absolute atomic E-state index is 0.395. The van der Waals surface area contributed by atoms with Gasteiger partial charge in [0.15, 0.2) is 5.82 Å². The van der Waals surface area contributed by atoms with Crippen molar-refractivity contribution < 1.29 is 4.74 Å². The molecular weight excluding hydrogens is 370 g/mol. The number of imidazole rings is 1. The average molecular weight is 392 g/mol. The van der Waals surface area contributed by atoms with Crippen LogP contribution < -0.4 is 11.5 Å². The quantitative estimate of drug-likeness (QED) is 0.696. The summed E-state index contributed by atoms with van der Waals surface area (Å²) in [5, 5.41) is 1.00. The molecule has 0 unspecified atom stereocenters. The number of hydrogen-bond acceptors (Lipinski definition) is 5. The maximum absolute atomic E-state index is 6.28. The van der Waals surface area contributed by atoms with Crippen molar-refractivity contribution in [3.8, 4) is 0 Å². The van der Waals surface area contributed by atoms with Gasteiger partial charge in [-0.1, -0.05) is 15.9 Å². The first kappa shape index (κ1) is 17.1. The van der Waals surface area contributed by atoms with Crippen molar-refractivity contribution in [1.29, 1.82) is 0 Å². The van der Waals surface area contributed by atoms with Crippen LogP contribution in [-0.2, 0) is 17.9 Å². The van der Waals surface area contributed by atoms with Gasteiger partial charge in [0.05, 0.1) is 11.0 Å². The van der Waals surface area contributed by atoms with E-state index in [4.69, 9.17) is 16.2 Å². The first-order chi connectivity index (χ1) is 11.3. The fraction of sp³-hybridized carbons (Fsp3) is 0.412. The van der Waals surface area contributed by atoms with E-state index in [1.165, 1.54) is 0 Å². The minimum atomic E-state index is -0.395. The number of benzene rings is 1. The number of aromatic nitrogens is 3. The number of fused-ring (bicyclic) bond motifs is 3. The standard InChI is InChI=1S/C17H22BrN5O/c1-4-24-8-13-22-14-15(23(13)9-17(2,3)20)11-6-5-10(18)7-12(11)21-16(14)19/h5-7H,4,8-9,20H2,1-3H3,(H2,19,21). The zero-order valence-electron chi connectivity index (χ0n) is 14.1. The molecule has 128 valence electrons. The Balaban J connectivity index is 2.34. The summed E-state index contributed by atoms with van der Waals surface area (Å²) >= 11 is 3.48. The van der Waals surface area contributed by atoms with Gasteiger partial charge in [-0.3, -0.25) is 0 Å².